The number of hydrogen-bond donors (Lipinski definition) is 1. The zero-order valence-electron chi connectivity index (χ0n) is 12.2. The van der Waals surface area contributed by atoms with E-state index in [1.165, 1.54) is 4.57 Å². The minimum absolute atomic E-state index is 0.204. The molecule has 0 bridgehead atoms. The molecule has 1 aromatic heterocycles. The van der Waals surface area contributed by atoms with Crippen molar-refractivity contribution in [1.82, 2.24) is 4.57 Å². The topological polar surface area (TPSA) is 57.2 Å². The summed E-state index contributed by atoms with van der Waals surface area (Å²) in [5, 5.41) is 0. The lowest BCUT2D eigenvalue weighted by atomic mass is 10.1. The summed E-state index contributed by atoms with van der Waals surface area (Å²) in [6.45, 7) is 0. The van der Waals surface area contributed by atoms with Crippen LogP contribution in [0, 0.1) is 0 Å². The third-order valence-corrected chi connectivity index (χ3v) is 3.38. The van der Waals surface area contributed by atoms with Crippen LogP contribution in [0.15, 0.2) is 71.7 Å². The monoisotopic (exact) mass is 292 g/mol. The molecule has 0 radical (unpaired) electrons. The average Bonchev–Trinajstić information content (AvgIpc) is 2.54. The second kappa shape index (κ2) is 5.77. The smallest absolute Gasteiger partial charge is 0.273 e. The van der Waals surface area contributed by atoms with Crippen LogP contribution >= 0.6 is 0 Å². The first kappa shape index (κ1) is 13.9. The number of anilines is 1. The van der Waals surface area contributed by atoms with Crippen LogP contribution in [-0.4, -0.2) is 4.57 Å². The van der Waals surface area contributed by atoms with E-state index in [1.807, 2.05) is 54.6 Å². The molecule has 22 heavy (non-hydrogen) atoms. The second-order valence-electron chi connectivity index (χ2n) is 5.01. The van der Waals surface area contributed by atoms with E-state index in [4.69, 9.17) is 10.5 Å². The van der Waals surface area contributed by atoms with Crippen LogP contribution in [0.2, 0.25) is 0 Å². The molecule has 2 N–H and O–H groups in total. The average molecular weight is 292 g/mol. The standard InChI is InChI=1S/C18H16N2O2/c1-20-12-13(11-16(19)18(20)21)15-9-5-6-10-17(15)22-14-7-3-2-4-8-14/h2-12H,19H2,1H3. The van der Waals surface area contributed by atoms with Crippen LogP contribution in [0.1, 0.15) is 0 Å². The van der Waals surface area contributed by atoms with Crippen molar-refractivity contribution in [1.29, 1.82) is 0 Å². The Labute approximate surface area is 128 Å². The maximum Gasteiger partial charge on any atom is 0.273 e. The Bertz CT molecular complexity index is 828. The fourth-order valence-electron chi connectivity index (χ4n) is 2.29. The third-order valence-electron chi connectivity index (χ3n) is 3.38. The number of hydrogen-bond acceptors (Lipinski definition) is 3. The summed E-state index contributed by atoms with van der Waals surface area (Å²) < 4.78 is 7.42. The highest BCUT2D eigenvalue weighted by Gasteiger charge is 2.09. The van der Waals surface area contributed by atoms with Gasteiger partial charge >= 0.3 is 0 Å². The molecule has 0 aliphatic rings. The first-order chi connectivity index (χ1) is 10.6. The molecule has 3 aromatic rings. The number of para-hydroxylation sites is 2. The Morgan fingerprint density at radius 1 is 1.00 bits per heavy atom. The summed E-state index contributed by atoms with van der Waals surface area (Å²) in [4.78, 5) is 11.7. The van der Waals surface area contributed by atoms with Crippen molar-refractivity contribution in [3.63, 3.8) is 0 Å². The molecule has 4 heteroatoms. The lowest BCUT2D eigenvalue weighted by molar-refractivity contribution is 0.484. The van der Waals surface area contributed by atoms with E-state index in [-0.39, 0.29) is 11.2 Å². The molecule has 0 saturated carbocycles. The summed E-state index contributed by atoms with van der Waals surface area (Å²) in [6.07, 6.45) is 1.76. The highest BCUT2D eigenvalue weighted by atomic mass is 16.5. The van der Waals surface area contributed by atoms with Crippen LogP contribution in [0.3, 0.4) is 0 Å². The van der Waals surface area contributed by atoms with Gasteiger partial charge in [0.2, 0.25) is 0 Å². The van der Waals surface area contributed by atoms with E-state index in [0.717, 1.165) is 16.9 Å². The third kappa shape index (κ3) is 2.72. The maximum absolute atomic E-state index is 11.7. The molecule has 3 rings (SSSR count). The van der Waals surface area contributed by atoms with Gasteiger partial charge in [0.05, 0.1) is 5.69 Å². The van der Waals surface area contributed by atoms with Gasteiger partial charge in [-0.2, -0.15) is 0 Å². The Morgan fingerprint density at radius 2 is 1.68 bits per heavy atom. The van der Waals surface area contributed by atoms with Crippen molar-refractivity contribution >= 4 is 5.69 Å². The number of pyridine rings is 1. The highest BCUT2D eigenvalue weighted by Crippen LogP contribution is 2.33. The second-order valence-corrected chi connectivity index (χ2v) is 5.01. The molecule has 110 valence electrons. The van der Waals surface area contributed by atoms with Crippen molar-refractivity contribution < 1.29 is 4.74 Å². The quantitative estimate of drug-likeness (QED) is 0.804. The summed E-state index contributed by atoms with van der Waals surface area (Å²) in [5.74, 6) is 1.47. The minimum Gasteiger partial charge on any atom is -0.457 e. The maximum atomic E-state index is 11.7. The van der Waals surface area contributed by atoms with Crippen molar-refractivity contribution in [2.75, 3.05) is 5.73 Å². The first-order valence-corrected chi connectivity index (χ1v) is 6.93. The van der Waals surface area contributed by atoms with Crippen LogP contribution in [0.25, 0.3) is 11.1 Å². The summed E-state index contributed by atoms with van der Waals surface area (Å²) in [7, 11) is 1.68. The molecule has 0 spiro atoms. The molecule has 0 saturated heterocycles. The minimum atomic E-state index is -0.204. The van der Waals surface area contributed by atoms with Gasteiger partial charge in [0, 0.05) is 24.4 Å². The molecule has 2 aromatic carbocycles. The fourth-order valence-corrected chi connectivity index (χ4v) is 2.29. The zero-order chi connectivity index (χ0) is 15.5. The largest absolute Gasteiger partial charge is 0.457 e. The van der Waals surface area contributed by atoms with Crippen LogP contribution in [-0.2, 0) is 7.05 Å². The molecule has 4 nitrogen and oxygen atoms in total. The number of ether oxygens (including phenoxy) is 1. The van der Waals surface area contributed by atoms with Crippen LogP contribution in [0.4, 0.5) is 5.69 Å². The Balaban J connectivity index is 2.07. The molecule has 1 heterocycles. The van der Waals surface area contributed by atoms with E-state index in [2.05, 4.69) is 0 Å². The number of nitrogens with two attached hydrogens (primary N) is 1. The van der Waals surface area contributed by atoms with Gasteiger partial charge in [-0.05, 0) is 24.3 Å². The summed E-state index contributed by atoms with van der Waals surface area (Å²) >= 11 is 0. The number of benzene rings is 2. The van der Waals surface area contributed by atoms with Gasteiger partial charge in [-0.25, -0.2) is 0 Å². The Kier molecular flexibility index (Phi) is 3.66. The van der Waals surface area contributed by atoms with Gasteiger partial charge < -0.3 is 15.0 Å². The van der Waals surface area contributed by atoms with Gasteiger partial charge in [-0.3, -0.25) is 4.79 Å². The number of nitrogen functional groups attached to an aromatic ring is 1. The molecule has 0 atom stereocenters. The van der Waals surface area contributed by atoms with Crippen molar-refractivity contribution in [3.8, 4) is 22.6 Å². The van der Waals surface area contributed by atoms with Crippen LogP contribution < -0.4 is 16.0 Å². The molecular formula is C18H16N2O2. The predicted octanol–water partition coefficient (Wildman–Crippen LogP) is 3.43. The number of rotatable bonds is 3. The Hall–Kier alpha value is -3.01. The number of aromatic nitrogens is 1. The highest BCUT2D eigenvalue weighted by molar-refractivity contribution is 5.72. The van der Waals surface area contributed by atoms with Crippen LogP contribution in [0.5, 0.6) is 11.5 Å². The lowest BCUT2D eigenvalue weighted by Gasteiger charge is -2.12. The van der Waals surface area contributed by atoms with E-state index >= 15 is 0 Å². The lowest BCUT2D eigenvalue weighted by Crippen LogP contribution is -2.19. The predicted molar refractivity (Wildman–Crippen MR) is 88.0 cm³/mol. The van der Waals surface area contributed by atoms with Crippen molar-refractivity contribution in [2.45, 2.75) is 0 Å². The molecule has 0 amide bonds. The number of aryl methyl sites for hydroxylation is 1. The van der Waals surface area contributed by atoms with E-state index in [0.29, 0.717) is 5.75 Å². The first-order valence-electron chi connectivity index (χ1n) is 6.93. The van der Waals surface area contributed by atoms with E-state index in [9.17, 15) is 4.79 Å². The summed E-state index contributed by atoms with van der Waals surface area (Å²) in [6, 6.07) is 18.9. The molecule has 0 aliphatic carbocycles. The van der Waals surface area contributed by atoms with Gasteiger partial charge in [-0.15, -0.1) is 0 Å². The zero-order valence-corrected chi connectivity index (χ0v) is 12.2. The van der Waals surface area contributed by atoms with Crippen molar-refractivity contribution in [2.24, 2.45) is 7.05 Å². The number of nitrogens with zero attached hydrogens (tertiary/aromatic N) is 1. The van der Waals surface area contributed by atoms with Gasteiger partial charge in [0.1, 0.15) is 11.5 Å². The van der Waals surface area contributed by atoms with E-state index in [1.54, 1.807) is 19.3 Å². The Morgan fingerprint density at radius 3 is 2.41 bits per heavy atom. The molecular weight excluding hydrogens is 276 g/mol. The molecule has 0 unspecified atom stereocenters. The van der Waals surface area contributed by atoms with Gasteiger partial charge in [0.15, 0.2) is 0 Å². The van der Waals surface area contributed by atoms with Gasteiger partial charge in [0.25, 0.3) is 5.56 Å². The van der Waals surface area contributed by atoms with E-state index < -0.39 is 0 Å². The van der Waals surface area contributed by atoms with Gasteiger partial charge in [-0.1, -0.05) is 36.4 Å². The normalized spacial score (nSPS) is 10.4. The SMILES string of the molecule is Cn1cc(-c2ccccc2Oc2ccccc2)cc(N)c1=O. The fraction of sp³-hybridized carbons (Fsp3) is 0.0556. The van der Waals surface area contributed by atoms with Crippen molar-refractivity contribution in [3.05, 3.63) is 77.2 Å². The molecule has 0 aliphatic heterocycles. The summed E-state index contributed by atoms with van der Waals surface area (Å²) in [5.41, 5.74) is 7.52. The molecule has 0 fully saturated rings.